The predicted molar refractivity (Wildman–Crippen MR) is 134 cm³/mol. The van der Waals surface area contributed by atoms with Crippen molar-refractivity contribution < 1.29 is 32.4 Å². The molecule has 0 radical (unpaired) electrons. The van der Waals surface area contributed by atoms with Gasteiger partial charge in [0.25, 0.3) is 5.92 Å². The highest BCUT2D eigenvalue weighted by Crippen LogP contribution is 2.26. The zero-order chi connectivity index (χ0) is 27.9. The summed E-state index contributed by atoms with van der Waals surface area (Å²) in [6.45, 7) is 8.32. The fraction of sp³-hybridized carbons (Fsp3) is 0.577. The quantitative estimate of drug-likeness (QED) is 0.448. The van der Waals surface area contributed by atoms with Gasteiger partial charge in [0, 0.05) is 31.3 Å². The Hall–Kier alpha value is -3.41. The third kappa shape index (κ3) is 8.04. The average molecular weight is 536 g/mol. The normalized spacial score (nSPS) is 16.0. The molecule has 38 heavy (non-hydrogen) atoms. The van der Waals surface area contributed by atoms with Crippen molar-refractivity contribution in [2.24, 2.45) is 0 Å². The number of Topliss-reactive ketones (excluding diaryl/α,β-unsaturated/α-hetero) is 1. The van der Waals surface area contributed by atoms with Gasteiger partial charge >= 0.3 is 6.03 Å². The van der Waals surface area contributed by atoms with E-state index in [1.54, 1.807) is 37.3 Å². The molecule has 1 saturated heterocycles. The molecule has 0 aliphatic carbocycles. The molecule has 2 unspecified atom stereocenters. The highest BCUT2D eigenvalue weighted by molar-refractivity contribution is 6.00. The number of alkyl halides is 2. The van der Waals surface area contributed by atoms with Gasteiger partial charge in [-0.1, -0.05) is 63.2 Å². The number of morpholine rings is 1. The van der Waals surface area contributed by atoms with E-state index in [9.17, 15) is 14.4 Å². The third-order valence-corrected chi connectivity index (χ3v) is 6.05. The molecule has 1 aliphatic heterocycles. The number of ether oxygens (including phenoxy) is 1. The molecule has 1 aromatic heterocycles. The minimum absolute atomic E-state index is 0.147. The van der Waals surface area contributed by atoms with Crippen LogP contribution in [0.5, 0.6) is 0 Å². The van der Waals surface area contributed by atoms with E-state index in [2.05, 4.69) is 20.8 Å². The summed E-state index contributed by atoms with van der Waals surface area (Å²) in [6, 6.07) is 4.80. The molecule has 0 spiro atoms. The lowest BCUT2D eigenvalue weighted by atomic mass is 9.97. The first-order valence-corrected chi connectivity index (χ1v) is 12.6. The lowest BCUT2D eigenvalue weighted by Crippen LogP contribution is -2.57. The number of carbonyl (C=O) groups excluding carboxylic acids is 3. The topological polar surface area (TPSA) is 127 Å². The van der Waals surface area contributed by atoms with Crippen molar-refractivity contribution in [1.29, 1.82) is 0 Å². The molecule has 2 N–H and O–H groups in total. The number of aromatic nitrogens is 2. The highest BCUT2D eigenvalue weighted by Gasteiger charge is 2.39. The second-order valence-electron chi connectivity index (χ2n) is 10.3. The number of hydrogen-bond donors (Lipinski definition) is 2. The van der Waals surface area contributed by atoms with Crippen molar-refractivity contribution in [2.45, 2.75) is 70.4 Å². The minimum Gasteiger partial charge on any atom is -0.378 e. The minimum atomic E-state index is -3.32. The monoisotopic (exact) mass is 535 g/mol. The number of urea groups is 1. The number of nitrogens with one attached hydrogen (secondary N) is 2. The van der Waals surface area contributed by atoms with Crippen molar-refractivity contribution in [2.75, 3.05) is 26.3 Å². The number of carbonyl (C=O) groups is 3. The molecular formula is C26H35F2N5O5. The smallest absolute Gasteiger partial charge is 0.318 e. The molecule has 208 valence electrons. The molecule has 2 heterocycles. The number of rotatable bonds is 10. The van der Waals surface area contributed by atoms with E-state index in [1.807, 2.05) is 20.8 Å². The molecule has 0 bridgehead atoms. The van der Waals surface area contributed by atoms with E-state index >= 15 is 8.78 Å². The molecule has 1 aromatic carbocycles. The number of amides is 3. The van der Waals surface area contributed by atoms with Crippen LogP contribution in [0.2, 0.25) is 0 Å². The zero-order valence-electron chi connectivity index (χ0n) is 22.1. The van der Waals surface area contributed by atoms with Crippen LogP contribution in [-0.2, 0) is 21.4 Å². The van der Waals surface area contributed by atoms with Gasteiger partial charge < -0.3 is 24.8 Å². The number of hydrogen-bond acceptors (Lipinski definition) is 7. The van der Waals surface area contributed by atoms with Gasteiger partial charge in [-0.25, -0.2) is 13.6 Å². The Balaban J connectivity index is 1.76. The zero-order valence-corrected chi connectivity index (χ0v) is 22.1. The summed E-state index contributed by atoms with van der Waals surface area (Å²) in [7, 11) is 0. The van der Waals surface area contributed by atoms with Gasteiger partial charge in [0.15, 0.2) is 0 Å². The summed E-state index contributed by atoms with van der Waals surface area (Å²) >= 11 is 0. The Kier molecular flexibility index (Phi) is 9.53. The first-order chi connectivity index (χ1) is 17.9. The van der Waals surface area contributed by atoms with Gasteiger partial charge in [0.2, 0.25) is 23.4 Å². The fourth-order valence-corrected chi connectivity index (χ4v) is 3.89. The van der Waals surface area contributed by atoms with E-state index in [1.165, 1.54) is 4.90 Å². The average Bonchev–Trinajstić information content (AvgIpc) is 3.38. The molecule has 2 aromatic rings. The largest absolute Gasteiger partial charge is 0.378 e. The van der Waals surface area contributed by atoms with Crippen molar-refractivity contribution in [3.63, 3.8) is 0 Å². The highest BCUT2D eigenvalue weighted by atomic mass is 19.3. The number of ketones is 1. The second kappa shape index (κ2) is 12.4. The van der Waals surface area contributed by atoms with Gasteiger partial charge in [-0.15, -0.1) is 0 Å². The van der Waals surface area contributed by atoms with Gasteiger partial charge in [-0.3, -0.25) is 9.59 Å². The lowest BCUT2D eigenvalue weighted by Gasteiger charge is -2.30. The number of halogens is 2. The van der Waals surface area contributed by atoms with Crippen molar-refractivity contribution in [3.8, 4) is 0 Å². The van der Waals surface area contributed by atoms with Crippen LogP contribution in [0.3, 0.4) is 0 Å². The van der Waals surface area contributed by atoms with Crippen LogP contribution < -0.4 is 10.6 Å². The summed E-state index contributed by atoms with van der Waals surface area (Å²) in [5.74, 6) is -4.81. The molecule has 3 amide bonds. The number of nitrogens with zero attached hydrogens (tertiary/aromatic N) is 3. The van der Waals surface area contributed by atoms with Crippen LogP contribution >= 0.6 is 0 Å². The first-order valence-electron chi connectivity index (χ1n) is 12.6. The molecular weight excluding hydrogens is 500 g/mol. The molecule has 1 fully saturated rings. The van der Waals surface area contributed by atoms with Crippen LogP contribution in [0, 0.1) is 0 Å². The van der Waals surface area contributed by atoms with E-state index in [4.69, 9.17) is 9.26 Å². The van der Waals surface area contributed by atoms with Crippen LogP contribution in [0.1, 0.15) is 62.6 Å². The molecule has 12 heteroatoms. The standard InChI is InChI=1S/C26H35F2N5O5/c1-5-18(20(34)21-31-23(38-32-21)25(2,3)4)29-22(35)19(30-24(36)33-11-13-37-14-12-33)16-26(27,28)15-17-9-7-6-8-10-17/h6-10,18-19H,5,11-16H2,1-4H3,(H,29,35)(H,30,36). The van der Waals surface area contributed by atoms with Crippen LogP contribution in [-0.4, -0.2) is 77.1 Å². The maximum Gasteiger partial charge on any atom is 0.318 e. The molecule has 10 nitrogen and oxygen atoms in total. The first kappa shape index (κ1) is 29.2. The van der Waals surface area contributed by atoms with Crippen LogP contribution in [0.4, 0.5) is 13.6 Å². The van der Waals surface area contributed by atoms with Crippen molar-refractivity contribution in [3.05, 3.63) is 47.6 Å². The van der Waals surface area contributed by atoms with Gasteiger partial charge in [-0.2, -0.15) is 4.98 Å². The molecule has 0 saturated carbocycles. The fourth-order valence-electron chi connectivity index (χ4n) is 3.89. The predicted octanol–water partition coefficient (Wildman–Crippen LogP) is 3.12. The van der Waals surface area contributed by atoms with Crippen molar-refractivity contribution >= 4 is 17.7 Å². The Morgan fingerprint density at radius 1 is 1.05 bits per heavy atom. The summed E-state index contributed by atoms with van der Waals surface area (Å²) < 4.78 is 40.6. The summed E-state index contributed by atoms with van der Waals surface area (Å²) in [6.07, 6.45) is -1.42. The second-order valence-corrected chi connectivity index (χ2v) is 10.3. The van der Waals surface area contributed by atoms with E-state index in [0.717, 1.165) is 0 Å². The number of benzene rings is 1. The van der Waals surface area contributed by atoms with Gasteiger partial charge in [0.1, 0.15) is 6.04 Å². The van der Waals surface area contributed by atoms with Crippen LogP contribution in [0.15, 0.2) is 34.9 Å². The Labute approximate surface area is 220 Å². The maximum absolute atomic E-state index is 15.1. The van der Waals surface area contributed by atoms with E-state index < -0.39 is 54.0 Å². The summed E-state index contributed by atoms with van der Waals surface area (Å²) in [5.41, 5.74) is -0.0973. The molecule has 1 aliphatic rings. The van der Waals surface area contributed by atoms with Crippen LogP contribution in [0.25, 0.3) is 0 Å². The Morgan fingerprint density at radius 2 is 1.71 bits per heavy atom. The summed E-state index contributed by atoms with van der Waals surface area (Å²) in [4.78, 5) is 44.6. The Morgan fingerprint density at radius 3 is 2.29 bits per heavy atom. The molecule has 3 rings (SSSR count). The SMILES string of the molecule is CCC(NC(=O)C(CC(F)(F)Cc1ccccc1)NC(=O)N1CCOCC1)C(=O)c1noc(C(C)(C)C)n1. The summed E-state index contributed by atoms with van der Waals surface area (Å²) in [5, 5.41) is 8.67. The Bertz CT molecular complexity index is 1100. The maximum atomic E-state index is 15.1. The lowest BCUT2D eigenvalue weighted by molar-refractivity contribution is -0.126. The third-order valence-electron chi connectivity index (χ3n) is 6.05. The van der Waals surface area contributed by atoms with Gasteiger partial charge in [0.05, 0.1) is 19.3 Å². The van der Waals surface area contributed by atoms with E-state index in [0.29, 0.717) is 18.8 Å². The molecule has 2 atom stereocenters. The van der Waals surface area contributed by atoms with E-state index in [-0.39, 0.29) is 31.2 Å². The van der Waals surface area contributed by atoms with Crippen molar-refractivity contribution in [1.82, 2.24) is 25.7 Å². The van der Waals surface area contributed by atoms with Gasteiger partial charge in [-0.05, 0) is 12.0 Å².